The van der Waals surface area contributed by atoms with E-state index in [1.165, 1.54) is 20.3 Å². The van der Waals surface area contributed by atoms with Gasteiger partial charge in [0.15, 0.2) is 0 Å². The Morgan fingerprint density at radius 1 is 1.50 bits per heavy atom. The molecule has 0 unspecified atom stereocenters. The molecule has 0 saturated carbocycles. The SMILES string of the molecule is C=C/C=C(CC)/C(=C(\I)CBr)c1ccc(C)nc1. The molecule has 0 radical (unpaired) electrons. The van der Waals surface area contributed by atoms with Crippen molar-refractivity contribution in [1.82, 2.24) is 4.98 Å². The van der Waals surface area contributed by atoms with Gasteiger partial charge in [0, 0.05) is 26.4 Å². The molecular weight excluding hydrogens is 401 g/mol. The van der Waals surface area contributed by atoms with Crippen LogP contribution in [0.4, 0.5) is 0 Å². The van der Waals surface area contributed by atoms with E-state index >= 15 is 0 Å². The number of allylic oxidation sites excluding steroid dienone is 5. The lowest BCUT2D eigenvalue weighted by Crippen LogP contribution is -1.95. The molecule has 1 heterocycles. The van der Waals surface area contributed by atoms with Gasteiger partial charge in [-0.2, -0.15) is 0 Å². The minimum absolute atomic E-state index is 0.852. The summed E-state index contributed by atoms with van der Waals surface area (Å²) in [5.74, 6) is 0. The molecule has 0 spiro atoms. The molecule has 0 aliphatic heterocycles. The number of aryl methyl sites for hydroxylation is 1. The highest BCUT2D eigenvalue weighted by atomic mass is 127. The largest absolute Gasteiger partial charge is 0.261 e. The first-order valence-electron chi connectivity index (χ1n) is 5.83. The Bertz CT molecular complexity index is 472. The number of hydrogen-bond acceptors (Lipinski definition) is 1. The van der Waals surface area contributed by atoms with Gasteiger partial charge in [0.2, 0.25) is 0 Å². The third-order valence-electron chi connectivity index (χ3n) is 2.61. The van der Waals surface area contributed by atoms with Gasteiger partial charge in [-0.25, -0.2) is 0 Å². The van der Waals surface area contributed by atoms with E-state index in [1.54, 1.807) is 0 Å². The molecule has 1 aromatic rings. The molecule has 0 saturated heterocycles. The van der Waals surface area contributed by atoms with Gasteiger partial charge in [0.1, 0.15) is 0 Å². The smallest absolute Gasteiger partial charge is 0.0373 e. The van der Waals surface area contributed by atoms with Crippen LogP contribution in [0.25, 0.3) is 5.57 Å². The number of pyridine rings is 1. The van der Waals surface area contributed by atoms with Gasteiger partial charge in [-0.05, 0) is 53.1 Å². The lowest BCUT2D eigenvalue weighted by molar-refractivity contribution is 1.14. The standard InChI is InChI=1S/C15H17BrIN/c1-4-6-12(5-2)15(14(17)9-16)13-8-7-11(3)18-10-13/h4,6-8,10H,1,5,9H2,2-3H3/b12-6+,15-14+. The predicted molar refractivity (Wildman–Crippen MR) is 92.3 cm³/mol. The minimum Gasteiger partial charge on any atom is -0.261 e. The van der Waals surface area contributed by atoms with Gasteiger partial charge in [-0.3, -0.25) is 4.98 Å². The Morgan fingerprint density at radius 3 is 2.67 bits per heavy atom. The normalized spacial score (nSPS) is 13.2. The zero-order valence-corrected chi connectivity index (χ0v) is 14.5. The summed E-state index contributed by atoms with van der Waals surface area (Å²) in [5.41, 5.74) is 4.76. The molecule has 0 amide bonds. The van der Waals surface area contributed by atoms with Gasteiger partial charge in [0.25, 0.3) is 0 Å². The minimum atomic E-state index is 0.852. The lowest BCUT2D eigenvalue weighted by Gasteiger charge is -2.13. The topological polar surface area (TPSA) is 12.9 Å². The van der Waals surface area contributed by atoms with Crippen LogP contribution >= 0.6 is 38.5 Å². The number of halogens is 2. The number of rotatable bonds is 5. The third-order valence-corrected chi connectivity index (χ3v) is 5.14. The Morgan fingerprint density at radius 2 is 2.22 bits per heavy atom. The maximum Gasteiger partial charge on any atom is 0.0373 e. The summed E-state index contributed by atoms with van der Waals surface area (Å²) in [6.45, 7) is 7.96. The summed E-state index contributed by atoms with van der Waals surface area (Å²) < 4.78 is 1.29. The summed E-state index contributed by atoms with van der Waals surface area (Å²) in [7, 11) is 0. The predicted octanol–water partition coefficient (Wildman–Crippen LogP) is 5.45. The van der Waals surface area contributed by atoms with Crippen molar-refractivity contribution in [1.29, 1.82) is 0 Å². The first-order chi connectivity index (χ1) is 8.63. The van der Waals surface area contributed by atoms with E-state index in [0.717, 1.165) is 17.4 Å². The monoisotopic (exact) mass is 417 g/mol. The van der Waals surface area contributed by atoms with Crippen molar-refractivity contribution in [3.63, 3.8) is 0 Å². The summed E-state index contributed by atoms with van der Waals surface area (Å²) in [6, 6.07) is 4.18. The Balaban J connectivity index is 3.35. The molecule has 0 bridgehead atoms. The van der Waals surface area contributed by atoms with E-state index < -0.39 is 0 Å². The maximum absolute atomic E-state index is 4.39. The number of alkyl halides is 1. The van der Waals surface area contributed by atoms with Gasteiger partial charge in [-0.15, -0.1) is 0 Å². The second-order valence-corrected chi connectivity index (χ2v) is 5.75. The van der Waals surface area contributed by atoms with E-state index in [9.17, 15) is 0 Å². The first-order valence-corrected chi connectivity index (χ1v) is 8.03. The Kier molecular flexibility index (Phi) is 6.86. The molecule has 1 nitrogen and oxygen atoms in total. The summed E-state index contributed by atoms with van der Waals surface area (Å²) in [4.78, 5) is 4.39. The fourth-order valence-electron chi connectivity index (χ4n) is 1.72. The number of nitrogens with zero attached hydrogens (tertiary/aromatic N) is 1. The Hall–Kier alpha value is -0.420. The molecule has 96 valence electrons. The quantitative estimate of drug-likeness (QED) is 0.352. The molecule has 0 atom stereocenters. The van der Waals surface area contributed by atoms with E-state index in [2.05, 4.69) is 75.2 Å². The van der Waals surface area contributed by atoms with Gasteiger partial charge >= 0.3 is 0 Å². The van der Waals surface area contributed by atoms with Crippen LogP contribution in [-0.2, 0) is 0 Å². The molecule has 3 heteroatoms. The van der Waals surface area contributed by atoms with Gasteiger partial charge in [-0.1, -0.05) is 47.7 Å². The van der Waals surface area contributed by atoms with Crippen molar-refractivity contribution in [2.24, 2.45) is 0 Å². The van der Waals surface area contributed by atoms with Crippen LogP contribution in [0.2, 0.25) is 0 Å². The highest BCUT2D eigenvalue weighted by Crippen LogP contribution is 2.32. The van der Waals surface area contributed by atoms with Crippen molar-refractivity contribution in [3.8, 4) is 0 Å². The van der Waals surface area contributed by atoms with E-state index in [4.69, 9.17) is 0 Å². The number of hydrogen-bond donors (Lipinski definition) is 0. The molecule has 1 aromatic heterocycles. The maximum atomic E-state index is 4.39. The highest BCUT2D eigenvalue weighted by molar-refractivity contribution is 14.1. The van der Waals surface area contributed by atoms with Gasteiger partial charge in [0.05, 0.1) is 0 Å². The Labute approximate surface area is 131 Å². The van der Waals surface area contributed by atoms with Crippen LogP contribution in [-0.4, -0.2) is 10.3 Å². The van der Waals surface area contributed by atoms with Crippen LogP contribution in [0.5, 0.6) is 0 Å². The molecule has 0 N–H and O–H groups in total. The zero-order valence-electron chi connectivity index (χ0n) is 10.7. The van der Waals surface area contributed by atoms with Crippen molar-refractivity contribution in [2.45, 2.75) is 20.3 Å². The summed E-state index contributed by atoms with van der Waals surface area (Å²) in [6.07, 6.45) is 6.85. The zero-order chi connectivity index (χ0) is 13.5. The highest BCUT2D eigenvalue weighted by Gasteiger charge is 2.11. The molecule has 18 heavy (non-hydrogen) atoms. The van der Waals surface area contributed by atoms with Crippen LogP contribution in [0, 0.1) is 6.92 Å². The second kappa shape index (κ2) is 7.89. The first kappa shape index (κ1) is 15.6. The van der Waals surface area contributed by atoms with Crippen LogP contribution in [0.15, 0.2) is 46.2 Å². The molecule has 0 fully saturated rings. The average Bonchev–Trinajstić information content (AvgIpc) is 2.39. The fourth-order valence-corrected chi connectivity index (χ4v) is 2.66. The summed E-state index contributed by atoms with van der Waals surface area (Å²) >= 11 is 5.92. The molecule has 0 aromatic carbocycles. The van der Waals surface area contributed by atoms with Crippen LogP contribution < -0.4 is 0 Å². The van der Waals surface area contributed by atoms with E-state index in [-0.39, 0.29) is 0 Å². The van der Waals surface area contributed by atoms with Crippen molar-refractivity contribution in [3.05, 3.63) is 57.5 Å². The van der Waals surface area contributed by atoms with E-state index in [1.807, 2.05) is 19.2 Å². The van der Waals surface area contributed by atoms with Crippen LogP contribution in [0.3, 0.4) is 0 Å². The van der Waals surface area contributed by atoms with E-state index in [0.29, 0.717) is 0 Å². The average molecular weight is 418 g/mol. The molecular formula is C15H17BrIN. The fraction of sp³-hybridized carbons (Fsp3) is 0.267. The molecule has 0 aliphatic rings. The lowest BCUT2D eigenvalue weighted by atomic mass is 9.96. The van der Waals surface area contributed by atoms with Gasteiger partial charge < -0.3 is 0 Å². The molecule has 0 aliphatic carbocycles. The van der Waals surface area contributed by atoms with Crippen molar-refractivity contribution >= 4 is 44.1 Å². The summed E-state index contributed by atoms with van der Waals surface area (Å²) in [5, 5.41) is 0.852. The molecule has 1 rings (SSSR count). The van der Waals surface area contributed by atoms with Crippen molar-refractivity contribution < 1.29 is 0 Å². The van der Waals surface area contributed by atoms with Crippen molar-refractivity contribution in [2.75, 3.05) is 5.33 Å². The number of aromatic nitrogens is 1. The third kappa shape index (κ3) is 4.05. The second-order valence-electron chi connectivity index (χ2n) is 3.88. The van der Waals surface area contributed by atoms with Crippen LogP contribution in [0.1, 0.15) is 24.6 Å².